The van der Waals surface area contributed by atoms with Crippen LogP contribution in [0.25, 0.3) is 0 Å². The SMILES string of the molecule is CCNc1nc(Sc2ncco2)nc(N2CCCC2)n1. The highest BCUT2D eigenvalue weighted by atomic mass is 32.2. The van der Waals surface area contributed by atoms with E-state index >= 15 is 0 Å². The molecule has 0 aromatic carbocycles. The Morgan fingerprint density at radius 1 is 1.30 bits per heavy atom. The molecule has 8 heteroatoms. The molecule has 0 radical (unpaired) electrons. The Hall–Kier alpha value is -1.83. The third kappa shape index (κ3) is 3.01. The van der Waals surface area contributed by atoms with Crippen molar-refractivity contribution in [3.8, 4) is 0 Å². The zero-order valence-corrected chi connectivity index (χ0v) is 12.1. The fourth-order valence-electron chi connectivity index (χ4n) is 2.03. The minimum Gasteiger partial charge on any atom is -0.440 e. The van der Waals surface area contributed by atoms with Crippen LogP contribution in [-0.2, 0) is 0 Å². The predicted octanol–water partition coefficient (Wildman–Crippen LogP) is 2.04. The highest BCUT2D eigenvalue weighted by Crippen LogP contribution is 2.26. The van der Waals surface area contributed by atoms with Crippen LogP contribution in [0.4, 0.5) is 11.9 Å². The second-order valence-electron chi connectivity index (χ2n) is 4.37. The summed E-state index contributed by atoms with van der Waals surface area (Å²) in [6.07, 6.45) is 5.51. The number of nitrogens with zero attached hydrogens (tertiary/aromatic N) is 5. The number of anilines is 2. The number of rotatable bonds is 5. The summed E-state index contributed by atoms with van der Waals surface area (Å²) in [7, 11) is 0. The van der Waals surface area contributed by atoms with Crippen molar-refractivity contribution in [2.45, 2.75) is 30.1 Å². The van der Waals surface area contributed by atoms with Crippen LogP contribution in [0.1, 0.15) is 19.8 Å². The Morgan fingerprint density at radius 2 is 2.15 bits per heavy atom. The number of hydrogen-bond donors (Lipinski definition) is 1. The standard InChI is InChI=1S/C12H16N6OS/c1-2-13-9-15-10(18-6-3-4-7-18)17-11(16-9)20-12-14-5-8-19-12/h5,8H,2-4,6-7H2,1H3,(H,13,15,16,17). The van der Waals surface area contributed by atoms with Crippen molar-refractivity contribution in [1.29, 1.82) is 0 Å². The molecule has 1 aliphatic heterocycles. The summed E-state index contributed by atoms with van der Waals surface area (Å²) in [4.78, 5) is 19.6. The van der Waals surface area contributed by atoms with Gasteiger partial charge in [0.25, 0.3) is 5.22 Å². The summed E-state index contributed by atoms with van der Waals surface area (Å²) in [5.74, 6) is 1.32. The van der Waals surface area contributed by atoms with Crippen LogP contribution in [-0.4, -0.2) is 39.6 Å². The molecule has 0 bridgehead atoms. The van der Waals surface area contributed by atoms with Gasteiger partial charge in [-0.25, -0.2) is 4.98 Å². The van der Waals surface area contributed by atoms with E-state index in [4.69, 9.17) is 4.42 Å². The van der Waals surface area contributed by atoms with Gasteiger partial charge in [-0.3, -0.25) is 0 Å². The summed E-state index contributed by atoms with van der Waals surface area (Å²) >= 11 is 1.30. The summed E-state index contributed by atoms with van der Waals surface area (Å²) in [6.45, 7) is 4.78. The van der Waals surface area contributed by atoms with E-state index in [1.54, 1.807) is 6.20 Å². The van der Waals surface area contributed by atoms with E-state index in [0.29, 0.717) is 16.3 Å². The van der Waals surface area contributed by atoms with Gasteiger partial charge in [0.2, 0.25) is 17.1 Å². The summed E-state index contributed by atoms with van der Waals surface area (Å²) in [6, 6.07) is 0. The second kappa shape index (κ2) is 6.08. The molecular formula is C12H16N6OS. The molecule has 3 rings (SSSR count). The fraction of sp³-hybridized carbons (Fsp3) is 0.500. The van der Waals surface area contributed by atoms with E-state index < -0.39 is 0 Å². The lowest BCUT2D eigenvalue weighted by atomic mass is 10.4. The molecule has 2 aromatic heterocycles. The average Bonchev–Trinajstić information content (AvgIpc) is 3.11. The van der Waals surface area contributed by atoms with Crippen LogP contribution >= 0.6 is 11.8 Å². The minimum absolute atomic E-state index is 0.533. The molecule has 0 unspecified atom stereocenters. The normalized spacial score (nSPS) is 14.8. The molecule has 1 N–H and O–H groups in total. The first kappa shape index (κ1) is 13.2. The zero-order chi connectivity index (χ0) is 13.8. The first-order chi connectivity index (χ1) is 9.85. The molecule has 106 valence electrons. The lowest BCUT2D eigenvalue weighted by molar-refractivity contribution is 0.453. The van der Waals surface area contributed by atoms with Gasteiger partial charge in [0, 0.05) is 31.4 Å². The van der Waals surface area contributed by atoms with Crippen molar-refractivity contribution >= 4 is 23.7 Å². The van der Waals surface area contributed by atoms with E-state index in [2.05, 4.69) is 30.2 Å². The summed E-state index contributed by atoms with van der Waals surface area (Å²) < 4.78 is 5.22. The van der Waals surface area contributed by atoms with Gasteiger partial charge in [0.1, 0.15) is 6.26 Å². The largest absolute Gasteiger partial charge is 0.440 e. The zero-order valence-electron chi connectivity index (χ0n) is 11.2. The summed E-state index contributed by atoms with van der Waals surface area (Å²) in [5.41, 5.74) is 0. The van der Waals surface area contributed by atoms with Crippen LogP contribution < -0.4 is 10.2 Å². The topological polar surface area (TPSA) is 80.0 Å². The van der Waals surface area contributed by atoms with Crippen LogP contribution in [0, 0.1) is 0 Å². The lowest BCUT2D eigenvalue weighted by Crippen LogP contribution is -2.21. The maximum absolute atomic E-state index is 5.22. The van der Waals surface area contributed by atoms with Gasteiger partial charge < -0.3 is 14.6 Å². The third-order valence-electron chi connectivity index (χ3n) is 2.92. The van der Waals surface area contributed by atoms with Crippen LogP contribution in [0.2, 0.25) is 0 Å². The van der Waals surface area contributed by atoms with E-state index in [9.17, 15) is 0 Å². The average molecular weight is 292 g/mol. The van der Waals surface area contributed by atoms with Crippen molar-refractivity contribution < 1.29 is 4.42 Å². The molecule has 0 spiro atoms. The smallest absolute Gasteiger partial charge is 0.263 e. The lowest BCUT2D eigenvalue weighted by Gasteiger charge is -2.16. The van der Waals surface area contributed by atoms with Gasteiger partial charge in [0.15, 0.2) is 0 Å². The quantitative estimate of drug-likeness (QED) is 0.896. The molecule has 20 heavy (non-hydrogen) atoms. The Morgan fingerprint density at radius 3 is 2.85 bits per heavy atom. The molecule has 1 saturated heterocycles. The first-order valence-electron chi connectivity index (χ1n) is 6.67. The fourth-order valence-corrected chi connectivity index (χ4v) is 2.66. The van der Waals surface area contributed by atoms with Gasteiger partial charge in [-0.15, -0.1) is 0 Å². The Balaban J connectivity index is 1.87. The molecule has 0 saturated carbocycles. The van der Waals surface area contributed by atoms with Crippen molar-refractivity contribution in [3.63, 3.8) is 0 Å². The Kier molecular flexibility index (Phi) is 4.00. The van der Waals surface area contributed by atoms with Gasteiger partial charge in [0.05, 0.1) is 6.20 Å². The molecule has 1 fully saturated rings. The van der Waals surface area contributed by atoms with Gasteiger partial charge in [-0.2, -0.15) is 15.0 Å². The van der Waals surface area contributed by atoms with E-state index in [-0.39, 0.29) is 0 Å². The molecule has 3 heterocycles. The van der Waals surface area contributed by atoms with Crippen molar-refractivity contribution in [2.24, 2.45) is 0 Å². The van der Waals surface area contributed by atoms with Crippen molar-refractivity contribution in [1.82, 2.24) is 19.9 Å². The Bertz CT molecular complexity index is 555. The molecule has 0 atom stereocenters. The highest BCUT2D eigenvalue weighted by Gasteiger charge is 2.18. The van der Waals surface area contributed by atoms with E-state index in [1.807, 2.05) is 6.92 Å². The van der Waals surface area contributed by atoms with Crippen LogP contribution in [0.3, 0.4) is 0 Å². The van der Waals surface area contributed by atoms with E-state index in [0.717, 1.165) is 25.6 Å². The van der Waals surface area contributed by atoms with Gasteiger partial charge in [-0.1, -0.05) is 0 Å². The second-order valence-corrected chi connectivity index (χ2v) is 5.28. The summed E-state index contributed by atoms with van der Waals surface area (Å²) in [5, 5.41) is 4.27. The van der Waals surface area contributed by atoms with E-state index in [1.165, 1.54) is 30.9 Å². The number of nitrogens with one attached hydrogen (secondary N) is 1. The van der Waals surface area contributed by atoms with Crippen molar-refractivity contribution in [2.75, 3.05) is 29.9 Å². The molecule has 1 aliphatic rings. The molecular weight excluding hydrogens is 276 g/mol. The molecule has 0 aliphatic carbocycles. The molecule has 7 nitrogen and oxygen atoms in total. The van der Waals surface area contributed by atoms with Crippen LogP contribution in [0.15, 0.2) is 27.3 Å². The van der Waals surface area contributed by atoms with Gasteiger partial charge in [-0.05, 0) is 19.8 Å². The highest BCUT2D eigenvalue weighted by molar-refractivity contribution is 7.98. The minimum atomic E-state index is 0.533. The maximum atomic E-state index is 5.22. The van der Waals surface area contributed by atoms with Crippen LogP contribution in [0.5, 0.6) is 0 Å². The predicted molar refractivity (Wildman–Crippen MR) is 76.1 cm³/mol. The van der Waals surface area contributed by atoms with Gasteiger partial charge >= 0.3 is 0 Å². The molecule has 0 amide bonds. The third-order valence-corrected chi connectivity index (χ3v) is 3.66. The number of hydrogen-bond acceptors (Lipinski definition) is 8. The number of aromatic nitrogens is 4. The van der Waals surface area contributed by atoms with Crippen molar-refractivity contribution in [3.05, 3.63) is 12.5 Å². The molecule has 2 aromatic rings. The first-order valence-corrected chi connectivity index (χ1v) is 7.49. The monoisotopic (exact) mass is 292 g/mol. The Labute approximate surface area is 121 Å². The number of oxazole rings is 1. The maximum Gasteiger partial charge on any atom is 0.263 e.